The maximum atomic E-state index is 4.37. The van der Waals surface area contributed by atoms with E-state index in [9.17, 15) is 0 Å². The molecule has 1 saturated heterocycles. The molecule has 1 fully saturated rings. The molecule has 0 amide bonds. The van der Waals surface area contributed by atoms with Crippen LogP contribution in [-0.2, 0) is 6.54 Å². The van der Waals surface area contributed by atoms with Crippen molar-refractivity contribution in [1.82, 2.24) is 15.5 Å². The summed E-state index contributed by atoms with van der Waals surface area (Å²) in [6.45, 7) is 10.9. The molecule has 1 aromatic rings. The average molecular weight is 262 g/mol. The minimum absolute atomic E-state index is 0.760. The number of rotatable bonds is 6. The predicted molar refractivity (Wildman–Crippen MR) is 79.2 cm³/mol. The van der Waals surface area contributed by atoms with E-state index in [1.807, 2.05) is 0 Å². The van der Waals surface area contributed by atoms with E-state index < -0.39 is 0 Å². The van der Waals surface area contributed by atoms with Gasteiger partial charge in [-0.05, 0) is 43.4 Å². The molecule has 0 saturated carbocycles. The minimum Gasteiger partial charge on any atom is -0.355 e. The second-order valence-electron chi connectivity index (χ2n) is 5.80. The van der Waals surface area contributed by atoms with Gasteiger partial charge in [0.05, 0.1) is 5.69 Å². The number of aromatic nitrogens is 2. The third-order valence-corrected chi connectivity index (χ3v) is 3.93. The molecule has 0 spiro atoms. The van der Waals surface area contributed by atoms with Crippen LogP contribution in [0.2, 0.25) is 0 Å². The highest BCUT2D eigenvalue weighted by atomic mass is 15.3. The molecule has 1 aliphatic heterocycles. The zero-order chi connectivity index (χ0) is 13.7. The summed E-state index contributed by atoms with van der Waals surface area (Å²) in [4.78, 5) is 2.36. The highest BCUT2D eigenvalue weighted by molar-refractivity contribution is 5.38. The molecule has 2 rings (SSSR count). The van der Waals surface area contributed by atoms with Crippen LogP contribution in [0.4, 0.5) is 5.82 Å². The summed E-state index contributed by atoms with van der Waals surface area (Å²) in [7, 11) is 0. The van der Waals surface area contributed by atoms with Gasteiger partial charge >= 0.3 is 0 Å². The summed E-state index contributed by atoms with van der Waals surface area (Å²) < 4.78 is 0. The van der Waals surface area contributed by atoms with Crippen LogP contribution in [-0.4, -0.2) is 29.8 Å². The fourth-order valence-electron chi connectivity index (χ4n) is 2.55. The van der Waals surface area contributed by atoms with Gasteiger partial charge in [0.15, 0.2) is 5.82 Å². The van der Waals surface area contributed by atoms with E-state index in [1.165, 1.54) is 6.42 Å². The smallest absolute Gasteiger partial charge is 0.151 e. The molecule has 1 aromatic heterocycles. The number of nitrogens with one attached hydrogen (secondary N) is 1. The second-order valence-corrected chi connectivity index (χ2v) is 5.80. The van der Waals surface area contributed by atoms with Crippen molar-refractivity contribution in [2.75, 3.05) is 24.5 Å². The molecule has 0 radical (unpaired) electrons. The fraction of sp³-hybridized carbons (Fsp3) is 0.733. The maximum Gasteiger partial charge on any atom is 0.151 e. The Bertz CT molecular complexity index is 374. The molecule has 1 unspecified atom stereocenters. The van der Waals surface area contributed by atoms with E-state index in [1.54, 1.807) is 0 Å². The summed E-state index contributed by atoms with van der Waals surface area (Å²) in [5.41, 5.74) is 1.02. The first-order valence-electron chi connectivity index (χ1n) is 7.49. The van der Waals surface area contributed by atoms with Gasteiger partial charge in [0.2, 0.25) is 0 Å². The average Bonchev–Trinajstić information content (AvgIpc) is 2.90. The van der Waals surface area contributed by atoms with Crippen LogP contribution in [0.1, 0.15) is 39.3 Å². The molecule has 19 heavy (non-hydrogen) atoms. The Morgan fingerprint density at radius 2 is 2.21 bits per heavy atom. The van der Waals surface area contributed by atoms with E-state index in [2.05, 4.69) is 53.3 Å². The molecule has 0 aromatic carbocycles. The molecule has 4 heteroatoms. The quantitative estimate of drug-likeness (QED) is 0.800. The van der Waals surface area contributed by atoms with Gasteiger partial charge in [0, 0.05) is 19.6 Å². The first-order chi connectivity index (χ1) is 9.20. The molecule has 4 nitrogen and oxygen atoms in total. The Labute approximate surface area is 116 Å². The lowest BCUT2D eigenvalue weighted by atomic mass is 9.95. The second kappa shape index (κ2) is 6.85. The molecule has 2 heterocycles. The zero-order valence-electron chi connectivity index (χ0n) is 12.4. The SMILES string of the molecule is CCCNCc1ccc(N2CCC(C(C)C)C2)nn1. The maximum absolute atomic E-state index is 4.37. The van der Waals surface area contributed by atoms with Crippen LogP contribution >= 0.6 is 0 Å². The first kappa shape index (κ1) is 14.3. The van der Waals surface area contributed by atoms with E-state index in [0.717, 1.165) is 55.9 Å². The van der Waals surface area contributed by atoms with Crippen molar-refractivity contribution >= 4 is 5.82 Å². The Balaban J connectivity index is 1.88. The van der Waals surface area contributed by atoms with Crippen LogP contribution in [0.5, 0.6) is 0 Å². The topological polar surface area (TPSA) is 41.0 Å². The molecular formula is C15H26N4. The number of nitrogens with zero attached hydrogens (tertiary/aromatic N) is 3. The Morgan fingerprint density at radius 3 is 2.79 bits per heavy atom. The first-order valence-corrected chi connectivity index (χ1v) is 7.49. The Hall–Kier alpha value is -1.16. The van der Waals surface area contributed by atoms with Gasteiger partial charge in [-0.2, -0.15) is 5.10 Å². The Morgan fingerprint density at radius 1 is 1.37 bits per heavy atom. The molecule has 0 aliphatic carbocycles. The summed E-state index contributed by atoms with van der Waals surface area (Å²) in [5.74, 6) is 2.59. The van der Waals surface area contributed by atoms with Crippen molar-refractivity contribution in [3.63, 3.8) is 0 Å². The van der Waals surface area contributed by atoms with Crippen molar-refractivity contribution < 1.29 is 0 Å². The van der Waals surface area contributed by atoms with Crippen LogP contribution in [0.15, 0.2) is 12.1 Å². The van der Waals surface area contributed by atoms with Gasteiger partial charge in [-0.15, -0.1) is 5.10 Å². The van der Waals surface area contributed by atoms with Gasteiger partial charge < -0.3 is 10.2 Å². The lowest BCUT2D eigenvalue weighted by Crippen LogP contribution is -2.23. The highest BCUT2D eigenvalue weighted by Crippen LogP contribution is 2.26. The zero-order valence-corrected chi connectivity index (χ0v) is 12.4. The van der Waals surface area contributed by atoms with Gasteiger partial charge in [-0.1, -0.05) is 20.8 Å². The van der Waals surface area contributed by atoms with Crippen molar-refractivity contribution in [2.24, 2.45) is 11.8 Å². The number of hydrogen-bond donors (Lipinski definition) is 1. The van der Waals surface area contributed by atoms with Crippen LogP contribution in [0.25, 0.3) is 0 Å². The molecule has 0 bridgehead atoms. The standard InChI is InChI=1S/C15H26N4/c1-4-8-16-10-14-5-6-15(18-17-14)19-9-7-13(11-19)12(2)3/h5-6,12-13,16H,4,7-11H2,1-3H3. The van der Waals surface area contributed by atoms with E-state index in [-0.39, 0.29) is 0 Å². The number of anilines is 1. The lowest BCUT2D eigenvalue weighted by molar-refractivity contribution is 0.422. The summed E-state index contributed by atoms with van der Waals surface area (Å²) >= 11 is 0. The molecule has 106 valence electrons. The van der Waals surface area contributed by atoms with Crippen molar-refractivity contribution in [1.29, 1.82) is 0 Å². The van der Waals surface area contributed by atoms with Gasteiger partial charge in [0.1, 0.15) is 0 Å². The number of hydrogen-bond acceptors (Lipinski definition) is 4. The third-order valence-electron chi connectivity index (χ3n) is 3.93. The van der Waals surface area contributed by atoms with E-state index in [4.69, 9.17) is 0 Å². The molecule has 1 aliphatic rings. The fourth-order valence-corrected chi connectivity index (χ4v) is 2.55. The normalized spacial score (nSPS) is 19.4. The van der Waals surface area contributed by atoms with Crippen LogP contribution in [0, 0.1) is 11.8 Å². The molecule has 1 N–H and O–H groups in total. The van der Waals surface area contributed by atoms with Crippen molar-refractivity contribution in [3.05, 3.63) is 17.8 Å². The summed E-state index contributed by atoms with van der Waals surface area (Å²) in [5, 5.41) is 12.0. The van der Waals surface area contributed by atoms with Crippen LogP contribution in [0.3, 0.4) is 0 Å². The van der Waals surface area contributed by atoms with Crippen molar-refractivity contribution in [3.8, 4) is 0 Å². The van der Waals surface area contributed by atoms with Gasteiger partial charge in [-0.3, -0.25) is 0 Å². The molecular weight excluding hydrogens is 236 g/mol. The van der Waals surface area contributed by atoms with Crippen molar-refractivity contribution in [2.45, 2.75) is 40.2 Å². The summed E-state index contributed by atoms with van der Waals surface area (Å²) in [6, 6.07) is 4.20. The highest BCUT2D eigenvalue weighted by Gasteiger charge is 2.25. The monoisotopic (exact) mass is 262 g/mol. The van der Waals surface area contributed by atoms with Gasteiger partial charge in [-0.25, -0.2) is 0 Å². The lowest BCUT2D eigenvalue weighted by Gasteiger charge is -2.18. The van der Waals surface area contributed by atoms with E-state index >= 15 is 0 Å². The Kier molecular flexibility index (Phi) is 5.14. The van der Waals surface area contributed by atoms with Gasteiger partial charge in [0.25, 0.3) is 0 Å². The summed E-state index contributed by atoms with van der Waals surface area (Å²) in [6.07, 6.45) is 2.43. The van der Waals surface area contributed by atoms with E-state index in [0.29, 0.717) is 0 Å². The minimum atomic E-state index is 0.760. The third kappa shape index (κ3) is 3.90. The van der Waals surface area contributed by atoms with Crippen LogP contribution < -0.4 is 10.2 Å². The predicted octanol–water partition coefficient (Wildman–Crippen LogP) is 2.46. The largest absolute Gasteiger partial charge is 0.355 e. The molecule has 1 atom stereocenters.